The average Bonchev–Trinajstić information content (AvgIpc) is 3.43. The van der Waals surface area contributed by atoms with E-state index >= 15 is 0 Å². The fourth-order valence-corrected chi connectivity index (χ4v) is 4.63. The SMILES string of the molecule is CC(=O)N1c2ccc(-c3ncc(NC(=O)OC(C)(C)C)s3)cc2N(C(=O)c2ccco2)C[C@@H]1C. The average molecular weight is 483 g/mol. The summed E-state index contributed by atoms with van der Waals surface area (Å²) in [5.74, 6) is -0.174. The first-order chi connectivity index (χ1) is 16.0. The maximum atomic E-state index is 13.2. The van der Waals surface area contributed by atoms with Crippen molar-refractivity contribution in [3.63, 3.8) is 0 Å². The van der Waals surface area contributed by atoms with Gasteiger partial charge in [-0.15, -0.1) is 0 Å². The first kappa shape index (κ1) is 23.5. The van der Waals surface area contributed by atoms with Crippen LogP contribution in [0.25, 0.3) is 10.6 Å². The van der Waals surface area contributed by atoms with E-state index in [1.54, 1.807) is 48.9 Å². The number of thiazole rings is 1. The van der Waals surface area contributed by atoms with Gasteiger partial charge in [0.05, 0.1) is 29.9 Å². The third-order valence-electron chi connectivity index (χ3n) is 5.11. The topological polar surface area (TPSA) is 105 Å². The summed E-state index contributed by atoms with van der Waals surface area (Å²) in [7, 11) is 0. The number of aromatic nitrogens is 1. The molecule has 4 rings (SSSR count). The summed E-state index contributed by atoms with van der Waals surface area (Å²) in [6.07, 6.45) is 2.45. The van der Waals surface area contributed by atoms with Gasteiger partial charge in [0.2, 0.25) is 5.91 Å². The zero-order valence-corrected chi connectivity index (χ0v) is 20.4. The van der Waals surface area contributed by atoms with E-state index in [2.05, 4.69) is 10.3 Å². The second kappa shape index (κ2) is 8.94. The smallest absolute Gasteiger partial charge is 0.412 e. The van der Waals surface area contributed by atoms with Crippen LogP contribution in [0.15, 0.2) is 47.2 Å². The van der Waals surface area contributed by atoms with Gasteiger partial charge < -0.3 is 19.0 Å². The third kappa shape index (κ3) is 4.81. The fourth-order valence-electron chi connectivity index (χ4n) is 3.83. The molecule has 0 unspecified atom stereocenters. The maximum absolute atomic E-state index is 13.2. The van der Waals surface area contributed by atoms with Gasteiger partial charge in [0.15, 0.2) is 5.76 Å². The van der Waals surface area contributed by atoms with Gasteiger partial charge in [-0.3, -0.25) is 14.9 Å². The first-order valence-electron chi connectivity index (χ1n) is 10.8. The highest BCUT2D eigenvalue weighted by Crippen LogP contribution is 2.40. The zero-order chi connectivity index (χ0) is 24.6. The lowest BCUT2D eigenvalue weighted by Crippen LogP contribution is -2.51. The van der Waals surface area contributed by atoms with Crippen LogP contribution in [-0.4, -0.2) is 41.1 Å². The first-order valence-corrected chi connectivity index (χ1v) is 11.6. The minimum Gasteiger partial charge on any atom is -0.459 e. The van der Waals surface area contributed by atoms with E-state index in [1.165, 1.54) is 24.5 Å². The van der Waals surface area contributed by atoms with E-state index in [0.29, 0.717) is 27.9 Å². The number of ether oxygens (including phenoxy) is 1. The third-order valence-corrected chi connectivity index (χ3v) is 6.07. The molecular weight excluding hydrogens is 456 g/mol. The summed E-state index contributed by atoms with van der Waals surface area (Å²) in [6, 6.07) is 8.55. The molecule has 178 valence electrons. The number of amides is 3. The molecule has 34 heavy (non-hydrogen) atoms. The minimum absolute atomic E-state index is 0.107. The quantitative estimate of drug-likeness (QED) is 0.553. The fraction of sp³-hybridized carbons (Fsp3) is 0.333. The van der Waals surface area contributed by atoms with Crippen LogP contribution in [0.4, 0.5) is 21.2 Å². The van der Waals surface area contributed by atoms with Crippen LogP contribution in [0.5, 0.6) is 0 Å². The Hall–Kier alpha value is -3.66. The molecule has 0 radical (unpaired) electrons. The summed E-state index contributed by atoms with van der Waals surface area (Å²) < 4.78 is 10.6. The highest BCUT2D eigenvalue weighted by atomic mass is 32.1. The van der Waals surface area contributed by atoms with Crippen LogP contribution in [0, 0.1) is 0 Å². The van der Waals surface area contributed by atoms with Crippen LogP contribution in [0.3, 0.4) is 0 Å². The van der Waals surface area contributed by atoms with Crippen molar-refractivity contribution in [1.82, 2.24) is 4.98 Å². The van der Waals surface area contributed by atoms with Crippen LogP contribution < -0.4 is 15.1 Å². The normalized spacial score (nSPS) is 15.6. The van der Waals surface area contributed by atoms with E-state index in [0.717, 1.165) is 5.56 Å². The van der Waals surface area contributed by atoms with Gasteiger partial charge in [-0.1, -0.05) is 11.3 Å². The lowest BCUT2D eigenvalue weighted by atomic mass is 10.0. The van der Waals surface area contributed by atoms with Crippen molar-refractivity contribution in [2.45, 2.75) is 46.3 Å². The van der Waals surface area contributed by atoms with E-state index in [1.807, 2.05) is 25.1 Å². The number of anilines is 3. The largest absolute Gasteiger partial charge is 0.459 e. The molecule has 1 aliphatic rings. The summed E-state index contributed by atoms with van der Waals surface area (Å²) in [5.41, 5.74) is 1.36. The molecule has 0 saturated heterocycles. The Morgan fingerprint density at radius 3 is 2.62 bits per heavy atom. The second-order valence-corrected chi connectivity index (χ2v) is 10.0. The number of nitrogens with zero attached hydrogens (tertiary/aromatic N) is 3. The summed E-state index contributed by atoms with van der Waals surface area (Å²) in [5, 5.41) is 3.87. The number of benzene rings is 1. The highest BCUT2D eigenvalue weighted by Gasteiger charge is 2.35. The van der Waals surface area contributed by atoms with Gasteiger partial charge in [0, 0.05) is 19.0 Å². The molecule has 1 atom stereocenters. The molecule has 3 aromatic rings. The van der Waals surface area contributed by atoms with Gasteiger partial charge in [-0.05, 0) is 58.0 Å². The van der Waals surface area contributed by atoms with Crippen molar-refractivity contribution >= 4 is 45.6 Å². The van der Waals surface area contributed by atoms with Crippen molar-refractivity contribution in [3.8, 4) is 10.6 Å². The number of fused-ring (bicyclic) bond motifs is 1. The zero-order valence-electron chi connectivity index (χ0n) is 19.6. The Labute approximate surface area is 201 Å². The number of rotatable bonds is 3. The van der Waals surface area contributed by atoms with Gasteiger partial charge >= 0.3 is 6.09 Å². The standard InChI is InChI=1S/C24H26N4O5S/c1-14-13-27(22(30)19-7-6-10-32-19)18-11-16(8-9-17(18)28(14)15(2)29)21-25-12-20(34-21)26-23(31)33-24(3,4)5/h6-12,14H,13H2,1-5H3,(H,26,31)/t14-/m0/s1. The van der Waals surface area contributed by atoms with E-state index < -0.39 is 11.7 Å². The molecule has 3 amide bonds. The molecule has 0 aliphatic carbocycles. The molecule has 10 heteroatoms. The number of hydrogen-bond donors (Lipinski definition) is 1. The molecule has 1 N–H and O–H groups in total. The van der Waals surface area contributed by atoms with Crippen molar-refractivity contribution in [1.29, 1.82) is 0 Å². The molecule has 0 fully saturated rings. The number of carbonyl (C=O) groups is 3. The minimum atomic E-state index is -0.611. The molecule has 2 aromatic heterocycles. The highest BCUT2D eigenvalue weighted by molar-refractivity contribution is 7.19. The van der Waals surface area contributed by atoms with Gasteiger partial charge in [0.1, 0.15) is 15.6 Å². The van der Waals surface area contributed by atoms with Crippen molar-refractivity contribution < 1.29 is 23.5 Å². The van der Waals surface area contributed by atoms with E-state index in [9.17, 15) is 14.4 Å². The second-order valence-electron chi connectivity index (χ2n) is 8.99. The summed E-state index contributed by atoms with van der Waals surface area (Å²) in [6.45, 7) is 9.10. The van der Waals surface area contributed by atoms with Gasteiger partial charge in [-0.2, -0.15) is 0 Å². The Kier molecular flexibility index (Phi) is 6.18. The molecular formula is C24H26N4O5S. The lowest BCUT2D eigenvalue weighted by molar-refractivity contribution is -0.117. The molecule has 0 spiro atoms. The Morgan fingerprint density at radius 2 is 1.97 bits per heavy atom. The van der Waals surface area contributed by atoms with Crippen molar-refractivity contribution in [2.24, 2.45) is 0 Å². The van der Waals surface area contributed by atoms with Crippen molar-refractivity contribution in [2.75, 3.05) is 21.7 Å². The number of nitrogens with one attached hydrogen (secondary N) is 1. The van der Waals surface area contributed by atoms with E-state index in [-0.39, 0.29) is 23.6 Å². The maximum Gasteiger partial charge on any atom is 0.412 e. The van der Waals surface area contributed by atoms with E-state index in [4.69, 9.17) is 9.15 Å². The molecule has 3 heterocycles. The van der Waals surface area contributed by atoms with Gasteiger partial charge in [-0.25, -0.2) is 9.78 Å². The Morgan fingerprint density at radius 1 is 1.21 bits per heavy atom. The Balaban J connectivity index is 1.68. The predicted molar refractivity (Wildman–Crippen MR) is 130 cm³/mol. The summed E-state index contributed by atoms with van der Waals surface area (Å²) in [4.78, 5) is 45.4. The van der Waals surface area contributed by atoms with Crippen LogP contribution in [0.2, 0.25) is 0 Å². The van der Waals surface area contributed by atoms with Crippen LogP contribution >= 0.6 is 11.3 Å². The molecule has 1 aromatic carbocycles. The molecule has 0 saturated carbocycles. The molecule has 0 bridgehead atoms. The number of hydrogen-bond acceptors (Lipinski definition) is 7. The van der Waals surface area contributed by atoms with Crippen LogP contribution in [0.1, 0.15) is 45.2 Å². The Bertz CT molecular complexity index is 1230. The summed E-state index contributed by atoms with van der Waals surface area (Å²) >= 11 is 1.28. The number of carbonyl (C=O) groups excluding carboxylic acids is 3. The van der Waals surface area contributed by atoms with Gasteiger partial charge in [0.25, 0.3) is 5.91 Å². The monoisotopic (exact) mass is 482 g/mol. The van der Waals surface area contributed by atoms with Crippen LogP contribution in [-0.2, 0) is 9.53 Å². The lowest BCUT2D eigenvalue weighted by Gasteiger charge is -2.40. The van der Waals surface area contributed by atoms with Crippen molar-refractivity contribution in [3.05, 3.63) is 48.6 Å². The number of furan rings is 1. The molecule has 9 nitrogen and oxygen atoms in total. The molecule has 1 aliphatic heterocycles. The predicted octanol–water partition coefficient (Wildman–Crippen LogP) is 5.15.